The van der Waals surface area contributed by atoms with Crippen molar-refractivity contribution in [3.63, 3.8) is 0 Å². The number of rotatable bonds is 1. The van der Waals surface area contributed by atoms with Crippen molar-refractivity contribution in [2.75, 3.05) is 0 Å². The first-order valence-corrected chi connectivity index (χ1v) is 8.25. The van der Waals surface area contributed by atoms with Gasteiger partial charge in [0.1, 0.15) is 10.5 Å². The molecule has 0 N–H and O–H groups in total. The van der Waals surface area contributed by atoms with E-state index in [1.807, 2.05) is 19.1 Å². The molecule has 0 aliphatic heterocycles. The number of halogens is 7. The van der Waals surface area contributed by atoms with Gasteiger partial charge < -0.3 is 17.3 Å². The van der Waals surface area contributed by atoms with E-state index in [1.165, 1.54) is 0 Å². The van der Waals surface area contributed by atoms with E-state index in [9.17, 15) is 30.4 Å². The maximum Gasteiger partial charge on any atom is 0.673 e. The van der Waals surface area contributed by atoms with Crippen LogP contribution in [0.15, 0.2) is 54.6 Å². The van der Waals surface area contributed by atoms with Gasteiger partial charge in [-0.2, -0.15) is 0 Å². The van der Waals surface area contributed by atoms with E-state index in [-0.39, 0.29) is 0 Å². The molecule has 3 aromatic rings. The maximum atomic E-state index is 13.4. The Kier molecular flexibility index (Phi) is 5.46. The van der Waals surface area contributed by atoms with Crippen LogP contribution in [0.4, 0.5) is 30.4 Å². The molecule has 1 atom stereocenters. The highest BCUT2D eigenvalue weighted by Gasteiger charge is 2.48. The molecule has 0 amide bonds. The molecular formula is C16H12BF7S. The predicted octanol–water partition coefficient (Wildman–Crippen LogP) is 7.34. The van der Waals surface area contributed by atoms with Crippen LogP contribution in [0.3, 0.4) is 0 Å². The second-order valence-corrected chi connectivity index (χ2v) is 7.11. The van der Waals surface area contributed by atoms with Gasteiger partial charge in [-0.25, -0.2) is 0 Å². The van der Waals surface area contributed by atoms with E-state index in [2.05, 4.69) is 0 Å². The molecule has 134 valence electrons. The van der Waals surface area contributed by atoms with E-state index < -0.39 is 23.2 Å². The molecule has 9 heteroatoms. The normalized spacial score (nSPS) is 12.7. The molecule has 0 aliphatic carbocycles. The Morgan fingerprint density at radius 1 is 0.840 bits per heavy atom. The average molecular weight is 380 g/mol. The summed E-state index contributed by atoms with van der Waals surface area (Å²) in [5, 5.41) is 0.670. The van der Waals surface area contributed by atoms with Crippen LogP contribution >= 0.6 is 10.5 Å². The van der Waals surface area contributed by atoms with Crippen molar-refractivity contribution in [3.8, 4) is 10.4 Å². The largest absolute Gasteiger partial charge is 0.673 e. The maximum absolute atomic E-state index is 13.4. The molecule has 0 saturated heterocycles. The lowest BCUT2D eigenvalue weighted by molar-refractivity contribution is -0.0864. The molecular weight excluding hydrogens is 368 g/mol. The third kappa shape index (κ3) is 5.22. The number of alkyl halides is 3. The molecule has 25 heavy (non-hydrogen) atoms. The Bertz CT molecular complexity index is 842. The third-order valence-electron chi connectivity index (χ3n) is 3.21. The molecule has 3 rings (SSSR count). The summed E-state index contributed by atoms with van der Waals surface area (Å²) in [6.45, 7) is 1.92. The summed E-state index contributed by atoms with van der Waals surface area (Å²) >= 11 is 0. The van der Waals surface area contributed by atoms with Crippen LogP contribution < -0.4 is 0 Å². The minimum absolute atomic E-state index is 0.360. The number of benzene rings is 2. The SMILES string of the molecule is Cc1ccc(-c2cc3ccccc3[s+]2C(F)(F)F)cc1.F[B-](F)(F)F. The fourth-order valence-electron chi connectivity index (χ4n) is 2.27. The highest BCUT2D eigenvalue weighted by Crippen LogP contribution is 2.54. The first-order chi connectivity index (χ1) is 11.5. The number of hydrogen-bond acceptors (Lipinski definition) is 0. The lowest BCUT2D eigenvalue weighted by atomic mass is 10.1. The summed E-state index contributed by atoms with van der Waals surface area (Å²) in [5.74, 6) is 0. The predicted molar refractivity (Wildman–Crippen MR) is 88.1 cm³/mol. The van der Waals surface area contributed by atoms with E-state index in [4.69, 9.17) is 0 Å². The summed E-state index contributed by atoms with van der Waals surface area (Å²) in [6, 6.07) is 15.6. The van der Waals surface area contributed by atoms with Gasteiger partial charge in [-0.15, -0.1) is 13.2 Å². The van der Waals surface area contributed by atoms with Crippen LogP contribution in [-0.2, 0) is 5.51 Å². The Morgan fingerprint density at radius 3 is 1.88 bits per heavy atom. The van der Waals surface area contributed by atoms with Crippen LogP contribution in [0.2, 0.25) is 0 Å². The van der Waals surface area contributed by atoms with Gasteiger partial charge in [0, 0.05) is 17.0 Å². The molecule has 0 aliphatic rings. The summed E-state index contributed by atoms with van der Waals surface area (Å²) < 4.78 is 79.6. The van der Waals surface area contributed by atoms with Crippen molar-refractivity contribution in [2.24, 2.45) is 0 Å². The molecule has 1 aromatic heterocycles. The highest BCUT2D eigenvalue weighted by atomic mass is 32.2. The lowest BCUT2D eigenvalue weighted by Crippen LogP contribution is -2.02. The van der Waals surface area contributed by atoms with Gasteiger partial charge in [0.05, 0.1) is 0 Å². The number of fused-ring (bicyclic) bond motifs is 1. The van der Waals surface area contributed by atoms with Gasteiger partial charge in [0.25, 0.3) is 0 Å². The number of thiophene rings is 1. The average Bonchev–Trinajstić information content (AvgIpc) is 2.85. The number of aryl methyl sites for hydroxylation is 1. The fraction of sp³-hybridized carbons (Fsp3) is 0.125. The zero-order valence-corrected chi connectivity index (χ0v) is 13.6. The summed E-state index contributed by atoms with van der Waals surface area (Å²) in [7, 11) is -7.85. The van der Waals surface area contributed by atoms with Crippen molar-refractivity contribution >= 4 is 27.8 Å². The van der Waals surface area contributed by atoms with Gasteiger partial charge in [0.15, 0.2) is 9.58 Å². The summed E-state index contributed by atoms with van der Waals surface area (Å²) in [6.07, 6.45) is 0. The third-order valence-corrected chi connectivity index (χ3v) is 5.28. The van der Waals surface area contributed by atoms with Crippen LogP contribution in [0.5, 0.6) is 0 Å². The Hall–Kier alpha value is -2.03. The summed E-state index contributed by atoms with van der Waals surface area (Å²) in [4.78, 5) is 0.360. The zero-order valence-electron chi connectivity index (χ0n) is 12.8. The van der Waals surface area contributed by atoms with Gasteiger partial charge in [-0.1, -0.05) is 29.8 Å². The molecule has 0 bridgehead atoms. The van der Waals surface area contributed by atoms with Gasteiger partial charge in [-0.05, 0) is 31.2 Å². The Labute approximate surface area is 142 Å². The molecule has 1 heterocycles. The van der Waals surface area contributed by atoms with Crippen LogP contribution in [-0.4, -0.2) is 7.25 Å². The van der Waals surface area contributed by atoms with E-state index in [0.717, 1.165) is 5.56 Å². The van der Waals surface area contributed by atoms with Gasteiger partial charge in [-0.3, -0.25) is 0 Å². The standard InChI is InChI=1S/C16H12F3S.BF4/c1-11-6-8-12(9-7-11)15-10-13-4-2-3-5-14(13)20(15)16(17,18)19;2-1(3,4)5/h2-10H,1H3;/q+1;-1. The Balaban J connectivity index is 0.000000399. The van der Waals surface area contributed by atoms with Crippen LogP contribution in [0.25, 0.3) is 20.5 Å². The smallest absolute Gasteiger partial charge is 0.418 e. The second kappa shape index (κ2) is 7.07. The molecule has 0 spiro atoms. The van der Waals surface area contributed by atoms with Gasteiger partial charge >= 0.3 is 12.8 Å². The van der Waals surface area contributed by atoms with E-state index >= 15 is 0 Å². The molecule has 2 aromatic carbocycles. The van der Waals surface area contributed by atoms with Crippen molar-refractivity contribution in [1.29, 1.82) is 0 Å². The minimum Gasteiger partial charge on any atom is -0.418 e. The zero-order chi connectivity index (χ0) is 18.8. The highest BCUT2D eigenvalue weighted by molar-refractivity contribution is 7.41. The number of hydrogen-bond donors (Lipinski definition) is 0. The Morgan fingerprint density at radius 2 is 1.36 bits per heavy atom. The topological polar surface area (TPSA) is 0 Å². The molecule has 0 radical (unpaired) electrons. The fourth-order valence-corrected chi connectivity index (χ4v) is 4.20. The van der Waals surface area contributed by atoms with Crippen molar-refractivity contribution in [2.45, 2.75) is 12.4 Å². The molecule has 1 unspecified atom stereocenters. The quantitative estimate of drug-likeness (QED) is 0.235. The van der Waals surface area contributed by atoms with Crippen LogP contribution in [0, 0.1) is 6.92 Å². The summed E-state index contributed by atoms with van der Waals surface area (Å²) in [5.41, 5.74) is -2.56. The van der Waals surface area contributed by atoms with E-state index in [1.54, 1.807) is 42.5 Å². The molecule has 0 saturated carbocycles. The van der Waals surface area contributed by atoms with Crippen molar-refractivity contribution in [1.82, 2.24) is 0 Å². The van der Waals surface area contributed by atoms with Gasteiger partial charge in [0.2, 0.25) is 0 Å². The van der Waals surface area contributed by atoms with Crippen molar-refractivity contribution < 1.29 is 30.4 Å². The van der Waals surface area contributed by atoms with E-state index in [0.29, 0.717) is 20.5 Å². The first-order valence-electron chi connectivity index (χ1n) is 7.03. The lowest BCUT2D eigenvalue weighted by Gasteiger charge is -2.01. The monoisotopic (exact) mass is 380 g/mol. The minimum atomic E-state index is -6.00. The molecule has 0 fully saturated rings. The van der Waals surface area contributed by atoms with Crippen LogP contribution in [0.1, 0.15) is 5.56 Å². The van der Waals surface area contributed by atoms with Crippen molar-refractivity contribution in [3.05, 3.63) is 60.2 Å². The first kappa shape index (κ1) is 19.3. The second-order valence-electron chi connectivity index (χ2n) is 5.16. The molecule has 0 nitrogen and oxygen atoms in total.